The van der Waals surface area contributed by atoms with E-state index in [0.717, 1.165) is 69.8 Å². The zero-order chi connectivity index (χ0) is 17.5. The van der Waals surface area contributed by atoms with Crippen molar-refractivity contribution in [2.45, 2.75) is 31.7 Å². The molecule has 2 aliphatic rings. The summed E-state index contributed by atoms with van der Waals surface area (Å²) in [7, 11) is 0. The molecule has 26 heavy (non-hydrogen) atoms. The van der Waals surface area contributed by atoms with Gasteiger partial charge in [-0.05, 0) is 37.5 Å². The Hall–Kier alpha value is -0.570. The highest BCUT2D eigenvalue weighted by atomic mass is 127. The summed E-state index contributed by atoms with van der Waals surface area (Å²) in [5.74, 6) is 1.47. The number of morpholine rings is 1. The maximum absolute atomic E-state index is 6.10. The Kier molecular flexibility index (Phi) is 9.45. The minimum atomic E-state index is 0. The fourth-order valence-electron chi connectivity index (χ4n) is 3.27. The van der Waals surface area contributed by atoms with Crippen molar-refractivity contribution >= 4 is 41.5 Å². The summed E-state index contributed by atoms with van der Waals surface area (Å²) < 4.78 is 5.38. The first-order valence-corrected chi connectivity index (χ1v) is 9.74. The van der Waals surface area contributed by atoms with Gasteiger partial charge in [-0.1, -0.05) is 23.7 Å². The van der Waals surface area contributed by atoms with Gasteiger partial charge in [-0.15, -0.1) is 24.0 Å². The van der Waals surface area contributed by atoms with Crippen LogP contribution in [-0.2, 0) is 4.74 Å². The van der Waals surface area contributed by atoms with E-state index in [4.69, 9.17) is 21.3 Å². The molecule has 5 nitrogen and oxygen atoms in total. The molecule has 3 rings (SSSR count). The number of nitrogens with zero attached hydrogens (tertiary/aromatic N) is 2. The van der Waals surface area contributed by atoms with Crippen molar-refractivity contribution < 1.29 is 4.74 Å². The maximum Gasteiger partial charge on any atom is 0.191 e. The van der Waals surface area contributed by atoms with E-state index in [0.29, 0.717) is 12.0 Å². The molecule has 2 unspecified atom stereocenters. The second kappa shape index (κ2) is 11.3. The third-order valence-electron chi connectivity index (χ3n) is 4.74. The minimum absolute atomic E-state index is 0. The van der Waals surface area contributed by atoms with Crippen LogP contribution in [0.1, 0.15) is 31.2 Å². The van der Waals surface area contributed by atoms with Gasteiger partial charge in [-0.3, -0.25) is 9.89 Å². The first-order chi connectivity index (χ1) is 12.3. The Morgan fingerprint density at radius 1 is 1.35 bits per heavy atom. The quantitative estimate of drug-likeness (QED) is 0.266. The molecule has 1 aromatic carbocycles. The Morgan fingerprint density at radius 2 is 2.15 bits per heavy atom. The number of hydrogen-bond donors (Lipinski definition) is 2. The molecule has 2 atom stereocenters. The van der Waals surface area contributed by atoms with E-state index in [1.54, 1.807) is 0 Å². The molecular weight excluding hydrogens is 463 g/mol. The number of hydrogen-bond acceptors (Lipinski definition) is 3. The van der Waals surface area contributed by atoms with Crippen molar-refractivity contribution in [1.29, 1.82) is 0 Å². The number of halogens is 2. The van der Waals surface area contributed by atoms with E-state index in [-0.39, 0.29) is 24.0 Å². The molecule has 0 aromatic heterocycles. The highest BCUT2D eigenvalue weighted by molar-refractivity contribution is 14.0. The molecule has 1 aliphatic carbocycles. The fourth-order valence-corrected chi connectivity index (χ4v) is 3.46. The molecule has 7 heteroatoms. The lowest BCUT2D eigenvalue weighted by Gasteiger charge is -2.26. The summed E-state index contributed by atoms with van der Waals surface area (Å²) in [6.07, 6.45) is 2.22. The van der Waals surface area contributed by atoms with Gasteiger partial charge in [0.15, 0.2) is 5.96 Å². The molecule has 0 bridgehead atoms. The van der Waals surface area contributed by atoms with E-state index in [1.165, 1.54) is 5.56 Å². The van der Waals surface area contributed by atoms with Crippen molar-refractivity contribution in [2.24, 2.45) is 4.99 Å². The lowest BCUT2D eigenvalue weighted by Crippen LogP contribution is -2.39. The van der Waals surface area contributed by atoms with Crippen molar-refractivity contribution in [3.05, 3.63) is 34.9 Å². The Balaban J connectivity index is 0.00000243. The molecule has 146 valence electrons. The van der Waals surface area contributed by atoms with Crippen molar-refractivity contribution in [1.82, 2.24) is 15.5 Å². The molecule has 1 aliphatic heterocycles. The lowest BCUT2D eigenvalue weighted by molar-refractivity contribution is 0.0377. The summed E-state index contributed by atoms with van der Waals surface area (Å²) in [6.45, 7) is 8.75. The number of aliphatic imine (C=N–C) groups is 1. The Bertz CT molecular complexity index is 580. The smallest absolute Gasteiger partial charge is 0.191 e. The van der Waals surface area contributed by atoms with Crippen molar-refractivity contribution in [3.63, 3.8) is 0 Å². The predicted molar refractivity (Wildman–Crippen MR) is 119 cm³/mol. The van der Waals surface area contributed by atoms with Gasteiger partial charge in [0.2, 0.25) is 0 Å². The monoisotopic (exact) mass is 492 g/mol. The molecule has 0 radical (unpaired) electrons. The average Bonchev–Trinajstić information content (AvgIpc) is 3.39. The van der Waals surface area contributed by atoms with Gasteiger partial charge < -0.3 is 15.4 Å². The van der Waals surface area contributed by atoms with Crippen LogP contribution in [0.15, 0.2) is 29.3 Å². The predicted octanol–water partition coefficient (Wildman–Crippen LogP) is 3.09. The van der Waals surface area contributed by atoms with Crippen LogP contribution >= 0.6 is 35.6 Å². The molecule has 1 aromatic rings. The molecule has 1 saturated heterocycles. The minimum Gasteiger partial charge on any atom is -0.379 e. The Morgan fingerprint density at radius 3 is 2.88 bits per heavy atom. The third-order valence-corrected chi connectivity index (χ3v) is 4.97. The van der Waals surface area contributed by atoms with Gasteiger partial charge in [-0.2, -0.15) is 0 Å². The number of benzene rings is 1. The molecule has 0 amide bonds. The molecule has 2 N–H and O–H groups in total. The average molecular weight is 493 g/mol. The zero-order valence-electron chi connectivity index (χ0n) is 15.4. The number of rotatable bonds is 7. The van der Waals surface area contributed by atoms with Crippen LogP contribution in [0.2, 0.25) is 5.02 Å². The van der Waals surface area contributed by atoms with Crippen LogP contribution in [0.25, 0.3) is 0 Å². The van der Waals surface area contributed by atoms with Gasteiger partial charge in [-0.25, -0.2) is 0 Å². The van der Waals surface area contributed by atoms with Crippen molar-refractivity contribution in [3.8, 4) is 0 Å². The highest BCUT2D eigenvalue weighted by Crippen LogP contribution is 2.41. The fraction of sp³-hybridized carbons (Fsp3) is 0.632. The van der Waals surface area contributed by atoms with Crippen LogP contribution in [0, 0.1) is 0 Å². The largest absolute Gasteiger partial charge is 0.379 e. The second-order valence-corrected chi connectivity index (χ2v) is 7.15. The third kappa shape index (κ3) is 6.87. The van der Waals surface area contributed by atoms with E-state index in [1.807, 2.05) is 12.1 Å². The molecule has 0 spiro atoms. The van der Waals surface area contributed by atoms with Gasteiger partial charge in [0, 0.05) is 49.7 Å². The maximum atomic E-state index is 6.10. The van der Waals surface area contributed by atoms with Gasteiger partial charge in [0.05, 0.1) is 13.2 Å². The van der Waals surface area contributed by atoms with Crippen LogP contribution < -0.4 is 10.6 Å². The molecule has 1 heterocycles. The summed E-state index contributed by atoms with van der Waals surface area (Å²) in [5.41, 5.74) is 1.31. The van der Waals surface area contributed by atoms with Crippen LogP contribution in [0.4, 0.5) is 0 Å². The molecule has 2 fully saturated rings. The number of nitrogens with one attached hydrogen (secondary N) is 2. The summed E-state index contributed by atoms with van der Waals surface area (Å²) in [5, 5.41) is 7.73. The SMILES string of the molecule is CCNC(=NCCCN1CCOCC1)NC1CC1c1cccc(Cl)c1.I. The summed E-state index contributed by atoms with van der Waals surface area (Å²) >= 11 is 6.10. The summed E-state index contributed by atoms with van der Waals surface area (Å²) in [6, 6.07) is 8.63. The van der Waals surface area contributed by atoms with Gasteiger partial charge in [0.1, 0.15) is 0 Å². The van der Waals surface area contributed by atoms with E-state index in [2.05, 4.69) is 34.6 Å². The van der Waals surface area contributed by atoms with E-state index in [9.17, 15) is 0 Å². The first kappa shape index (κ1) is 21.7. The van der Waals surface area contributed by atoms with Gasteiger partial charge >= 0.3 is 0 Å². The highest BCUT2D eigenvalue weighted by Gasteiger charge is 2.39. The lowest BCUT2D eigenvalue weighted by atomic mass is 10.1. The zero-order valence-corrected chi connectivity index (χ0v) is 18.5. The molecular formula is C19H30ClIN4O. The number of ether oxygens (including phenoxy) is 1. The van der Waals surface area contributed by atoms with E-state index < -0.39 is 0 Å². The van der Waals surface area contributed by atoms with Crippen LogP contribution in [-0.4, -0.2) is 62.8 Å². The van der Waals surface area contributed by atoms with Crippen LogP contribution in [0.3, 0.4) is 0 Å². The number of guanidine groups is 1. The standard InChI is InChI=1S/C19H29ClN4O.HI/c1-2-21-19(22-7-4-8-24-9-11-25-12-10-24)23-18-14-17(18)15-5-3-6-16(20)13-15;/h3,5-6,13,17-18H,2,4,7-12,14H2,1H3,(H2,21,22,23);1H. The topological polar surface area (TPSA) is 48.9 Å². The second-order valence-electron chi connectivity index (χ2n) is 6.72. The van der Waals surface area contributed by atoms with Crippen molar-refractivity contribution in [2.75, 3.05) is 45.9 Å². The molecule has 1 saturated carbocycles. The van der Waals surface area contributed by atoms with Gasteiger partial charge in [0.25, 0.3) is 0 Å². The Labute approximate surface area is 178 Å². The normalized spacial score (nSPS) is 23.2. The van der Waals surface area contributed by atoms with Crippen LogP contribution in [0.5, 0.6) is 0 Å². The van der Waals surface area contributed by atoms with E-state index >= 15 is 0 Å². The summed E-state index contributed by atoms with van der Waals surface area (Å²) in [4.78, 5) is 7.19. The first-order valence-electron chi connectivity index (χ1n) is 9.36.